The lowest BCUT2D eigenvalue weighted by Gasteiger charge is -2.02. The van der Waals surface area contributed by atoms with Crippen LogP contribution in [0, 0.1) is 6.92 Å². The number of thiazole rings is 1. The largest absolute Gasteiger partial charge is 0.478 e. The van der Waals surface area contributed by atoms with Gasteiger partial charge in [-0.25, -0.2) is 9.78 Å². The fraction of sp³-hybridized carbons (Fsp3) is 0.100. The average molecular weight is 268 g/mol. The molecule has 0 fully saturated rings. The monoisotopic (exact) mass is 268 g/mol. The fourth-order valence-corrected chi connectivity index (χ4v) is 2.73. The summed E-state index contributed by atoms with van der Waals surface area (Å²) in [6, 6.07) is 1.46. The first-order valence-electron chi connectivity index (χ1n) is 4.62. The van der Waals surface area contributed by atoms with Crippen molar-refractivity contribution in [3.8, 4) is 0 Å². The Morgan fingerprint density at radius 2 is 2.18 bits per heavy atom. The normalized spacial score (nSPS) is 10.2. The summed E-state index contributed by atoms with van der Waals surface area (Å²) in [5.74, 6) is -1.38. The highest BCUT2D eigenvalue weighted by Gasteiger charge is 2.17. The zero-order valence-electron chi connectivity index (χ0n) is 8.76. The highest BCUT2D eigenvalue weighted by Crippen LogP contribution is 2.24. The number of nitrogens with one attached hydrogen (secondary N) is 1. The van der Waals surface area contributed by atoms with Crippen LogP contribution in [0.2, 0.25) is 0 Å². The minimum atomic E-state index is -1.05. The van der Waals surface area contributed by atoms with Crippen LogP contribution in [0.3, 0.4) is 0 Å². The van der Waals surface area contributed by atoms with Crippen LogP contribution in [0.4, 0.5) is 5.00 Å². The van der Waals surface area contributed by atoms with Gasteiger partial charge in [-0.05, 0) is 18.4 Å². The van der Waals surface area contributed by atoms with Crippen LogP contribution < -0.4 is 5.32 Å². The molecule has 0 aromatic carbocycles. The summed E-state index contributed by atoms with van der Waals surface area (Å²) < 4.78 is 0. The molecule has 17 heavy (non-hydrogen) atoms. The van der Waals surface area contributed by atoms with Gasteiger partial charge < -0.3 is 10.4 Å². The number of aryl methyl sites for hydroxylation is 1. The lowest BCUT2D eigenvalue weighted by atomic mass is 10.3. The molecule has 2 heterocycles. The van der Waals surface area contributed by atoms with Crippen LogP contribution in [0.15, 0.2) is 17.0 Å². The Kier molecular flexibility index (Phi) is 3.21. The summed E-state index contributed by atoms with van der Waals surface area (Å²) in [6.45, 7) is 1.73. The number of nitrogens with zero attached hydrogens (tertiary/aromatic N) is 1. The van der Waals surface area contributed by atoms with Gasteiger partial charge in [-0.3, -0.25) is 4.79 Å². The van der Waals surface area contributed by atoms with E-state index in [9.17, 15) is 9.59 Å². The highest BCUT2D eigenvalue weighted by molar-refractivity contribution is 7.15. The number of carbonyl (C=O) groups excluding carboxylic acids is 1. The van der Waals surface area contributed by atoms with Gasteiger partial charge in [0.1, 0.15) is 9.88 Å². The van der Waals surface area contributed by atoms with Crippen molar-refractivity contribution in [2.75, 3.05) is 5.32 Å². The van der Waals surface area contributed by atoms with E-state index in [0.29, 0.717) is 15.6 Å². The van der Waals surface area contributed by atoms with Crippen LogP contribution in [0.1, 0.15) is 25.7 Å². The standard InChI is InChI=1S/C10H8N2O3S2/c1-5-7(17-4-11-5)8(13)12-9-6(10(14)15)2-3-16-9/h2-4H,1H3,(H,12,13)(H,14,15). The van der Waals surface area contributed by atoms with E-state index in [2.05, 4.69) is 10.3 Å². The molecule has 0 unspecified atom stereocenters. The van der Waals surface area contributed by atoms with Gasteiger partial charge in [0.15, 0.2) is 0 Å². The minimum absolute atomic E-state index is 0.102. The van der Waals surface area contributed by atoms with Crippen molar-refractivity contribution in [3.05, 3.63) is 33.1 Å². The van der Waals surface area contributed by atoms with E-state index in [0.717, 1.165) is 0 Å². The molecule has 0 aliphatic rings. The Morgan fingerprint density at radius 3 is 2.76 bits per heavy atom. The number of carboxylic acids is 1. The number of hydrogen-bond acceptors (Lipinski definition) is 5. The van der Waals surface area contributed by atoms with Gasteiger partial charge in [-0.1, -0.05) is 0 Å². The average Bonchev–Trinajstić information content (AvgIpc) is 2.86. The van der Waals surface area contributed by atoms with Crippen LogP contribution in [0.5, 0.6) is 0 Å². The molecule has 2 aromatic rings. The molecule has 0 aliphatic heterocycles. The Labute approximate surface area is 105 Å². The number of anilines is 1. The van der Waals surface area contributed by atoms with E-state index >= 15 is 0 Å². The predicted octanol–water partition coefficient (Wildman–Crippen LogP) is 2.46. The van der Waals surface area contributed by atoms with Crippen molar-refractivity contribution in [2.24, 2.45) is 0 Å². The molecule has 2 N–H and O–H groups in total. The lowest BCUT2D eigenvalue weighted by Crippen LogP contribution is -2.12. The molecule has 5 nitrogen and oxygen atoms in total. The molecule has 0 spiro atoms. The zero-order valence-corrected chi connectivity index (χ0v) is 10.4. The van der Waals surface area contributed by atoms with Gasteiger partial charge in [-0.15, -0.1) is 22.7 Å². The maximum Gasteiger partial charge on any atom is 0.338 e. The second-order valence-corrected chi connectivity index (χ2v) is 4.96. The summed E-state index contributed by atoms with van der Waals surface area (Å²) in [6.07, 6.45) is 0. The quantitative estimate of drug-likeness (QED) is 0.896. The molecule has 1 amide bonds. The maximum absolute atomic E-state index is 11.8. The molecule has 0 bridgehead atoms. The van der Waals surface area contributed by atoms with Crippen molar-refractivity contribution in [2.45, 2.75) is 6.92 Å². The third kappa shape index (κ3) is 2.34. The van der Waals surface area contributed by atoms with Gasteiger partial charge in [0.05, 0.1) is 16.8 Å². The third-order valence-corrected chi connectivity index (χ3v) is 3.83. The van der Waals surface area contributed by atoms with E-state index in [1.54, 1.807) is 17.8 Å². The molecule has 0 saturated heterocycles. The zero-order chi connectivity index (χ0) is 12.4. The molecular weight excluding hydrogens is 260 g/mol. The molecule has 2 aromatic heterocycles. The van der Waals surface area contributed by atoms with Crippen molar-refractivity contribution in [1.29, 1.82) is 0 Å². The third-order valence-electron chi connectivity index (χ3n) is 2.07. The van der Waals surface area contributed by atoms with Crippen molar-refractivity contribution >= 4 is 39.6 Å². The predicted molar refractivity (Wildman–Crippen MR) is 66.1 cm³/mol. The number of thiophene rings is 1. The van der Waals surface area contributed by atoms with Crippen molar-refractivity contribution < 1.29 is 14.7 Å². The first kappa shape index (κ1) is 11.7. The number of amides is 1. The van der Waals surface area contributed by atoms with E-state index < -0.39 is 5.97 Å². The van der Waals surface area contributed by atoms with Gasteiger partial charge >= 0.3 is 5.97 Å². The van der Waals surface area contributed by atoms with E-state index in [1.807, 2.05) is 0 Å². The maximum atomic E-state index is 11.8. The van der Waals surface area contributed by atoms with Gasteiger partial charge in [0.2, 0.25) is 0 Å². The highest BCUT2D eigenvalue weighted by atomic mass is 32.1. The molecule has 88 valence electrons. The molecule has 2 rings (SSSR count). The van der Waals surface area contributed by atoms with E-state index in [-0.39, 0.29) is 11.5 Å². The number of aromatic nitrogens is 1. The molecule has 0 atom stereocenters. The van der Waals surface area contributed by atoms with E-state index in [1.165, 1.54) is 28.7 Å². The first-order chi connectivity index (χ1) is 8.09. The Morgan fingerprint density at radius 1 is 1.41 bits per heavy atom. The molecule has 0 saturated carbocycles. The fourth-order valence-electron chi connectivity index (χ4n) is 1.25. The number of carbonyl (C=O) groups is 2. The molecule has 7 heteroatoms. The topological polar surface area (TPSA) is 79.3 Å². The number of carboxylic acid groups (broad SMARTS) is 1. The summed E-state index contributed by atoms with van der Waals surface area (Å²) in [4.78, 5) is 27.2. The molecular formula is C10H8N2O3S2. The summed E-state index contributed by atoms with van der Waals surface area (Å²) >= 11 is 2.41. The van der Waals surface area contributed by atoms with Crippen molar-refractivity contribution in [1.82, 2.24) is 4.98 Å². The van der Waals surface area contributed by atoms with Gasteiger partial charge in [0.25, 0.3) is 5.91 Å². The van der Waals surface area contributed by atoms with Crippen molar-refractivity contribution in [3.63, 3.8) is 0 Å². The Balaban J connectivity index is 2.22. The summed E-state index contributed by atoms with van der Waals surface area (Å²) in [5.41, 5.74) is 2.32. The first-order valence-corrected chi connectivity index (χ1v) is 6.37. The van der Waals surface area contributed by atoms with Crippen LogP contribution in [-0.2, 0) is 0 Å². The summed E-state index contributed by atoms with van der Waals surface area (Å²) in [5, 5.41) is 13.4. The SMILES string of the molecule is Cc1ncsc1C(=O)Nc1sccc1C(=O)O. The Hall–Kier alpha value is -1.73. The van der Waals surface area contributed by atoms with Crippen LogP contribution in [0.25, 0.3) is 0 Å². The summed E-state index contributed by atoms with van der Waals surface area (Å²) in [7, 11) is 0. The smallest absolute Gasteiger partial charge is 0.338 e. The molecule has 0 radical (unpaired) electrons. The Bertz CT molecular complexity index is 574. The number of rotatable bonds is 3. The number of hydrogen-bond donors (Lipinski definition) is 2. The molecule has 0 aliphatic carbocycles. The second kappa shape index (κ2) is 4.64. The van der Waals surface area contributed by atoms with Crippen LogP contribution >= 0.6 is 22.7 Å². The minimum Gasteiger partial charge on any atom is -0.478 e. The second-order valence-electron chi connectivity index (χ2n) is 3.19. The number of aromatic carboxylic acids is 1. The van der Waals surface area contributed by atoms with Gasteiger partial charge in [-0.2, -0.15) is 0 Å². The lowest BCUT2D eigenvalue weighted by molar-refractivity contribution is 0.0698. The van der Waals surface area contributed by atoms with Crippen LogP contribution in [-0.4, -0.2) is 22.0 Å². The van der Waals surface area contributed by atoms with E-state index in [4.69, 9.17) is 5.11 Å². The van der Waals surface area contributed by atoms with Gasteiger partial charge in [0, 0.05) is 0 Å².